The zero-order valence-electron chi connectivity index (χ0n) is 11.4. The quantitative estimate of drug-likeness (QED) is 0.188. The molecule has 7 heteroatoms. The summed E-state index contributed by atoms with van der Waals surface area (Å²) < 4.78 is 38.7. The first kappa shape index (κ1) is 16.1. The minimum atomic E-state index is -1.48. The van der Waals surface area contributed by atoms with Crippen LogP contribution in [-0.2, 0) is 0 Å². The predicted molar refractivity (Wildman–Crippen MR) is 71.2 cm³/mol. The molecular weight excluding hydrogens is 271 g/mol. The average Bonchev–Trinajstić information content (AvgIpc) is 2.39. The van der Waals surface area contributed by atoms with Gasteiger partial charge >= 0.3 is 0 Å². The highest BCUT2D eigenvalue weighted by Crippen LogP contribution is 2.23. The summed E-state index contributed by atoms with van der Waals surface area (Å²) in [4.78, 5) is 0. The molecule has 0 spiro atoms. The molecule has 0 saturated heterocycles. The Morgan fingerprint density at radius 2 is 1.85 bits per heavy atom. The van der Waals surface area contributed by atoms with Crippen LogP contribution in [0.3, 0.4) is 0 Å². The summed E-state index contributed by atoms with van der Waals surface area (Å²) in [5.41, 5.74) is 5.23. The highest BCUT2D eigenvalue weighted by Gasteiger charge is 2.22. The van der Waals surface area contributed by atoms with Crippen LogP contribution in [-0.4, -0.2) is 17.6 Å². The van der Waals surface area contributed by atoms with Gasteiger partial charge in [-0.2, -0.15) is 0 Å². The maximum absolute atomic E-state index is 13.0. The molecule has 20 heavy (non-hydrogen) atoms. The van der Waals surface area contributed by atoms with Crippen molar-refractivity contribution in [1.82, 2.24) is 0 Å². The van der Waals surface area contributed by atoms with Gasteiger partial charge in [0.15, 0.2) is 17.5 Å². The van der Waals surface area contributed by atoms with Crippen molar-refractivity contribution < 1.29 is 18.4 Å². The smallest absolute Gasteiger partial charge is 0.194 e. The van der Waals surface area contributed by atoms with Crippen LogP contribution in [0.25, 0.3) is 0 Å². The molecule has 0 aliphatic rings. The van der Waals surface area contributed by atoms with E-state index in [1.54, 1.807) is 0 Å². The first-order chi connectivity index (χ1) is 9.27. The molecule has 0 heterocycles. The van der Waals surface area contributed by atoms with Gasteiger partial charge in [0.25, 0.3) is 0 Å². The van der Waals surface area contributed by atoms with Gasteiger partial charge in [0.1, 0.15) is 5.84 Å². The lowest BCUT2D eigenvalue weighted by Gasteiger charge is -2.22. The fourth-order valence-corrected chi connectivity index (χ4v) is 1.68. The lowest BCUT2D eigenvalue weighted by molar-refractivity contribution is 0.305. The number of rotatable bonds is 6. The van der Waals surface area contributed by atoms with Crippen LogP contribution in [0.5, 0.6) is 0 Å². The molecule has 1 aromatic rings. The molecule has 0 unspecified atom stereocenters. The van der Waals surface area contributed by atoms with Crippen molar-refractivity contribution in [3.63, 3.8) is 0 Å². The maximum Gasteiger partial charge on any atom is 0.194 e. The first-order valence-electron chi connectivity index (χ1n) is 6.14. The van der Waals surface area contributed by atoms with Gasteiger partial charge in [0.05, 0.1) is 0 Å². The van der Waals surface area contributed by atoms with Crippen LogP contribution in [0.1, 0.15) is 26.7 Å². The van der Waals surface area contributed by atoms with Crippen LogP contribution in [0.2, 0.25) is 0 Å². The second-order valence-electron chi connectivity index (χ2n) is 5.15. The Hall–Kier alpha value is -1.92. The van der Waals surface area contributed by atoms with E-state index in [4.69, 9.17) is 10.9 Å². The second-order valence-corrected chi connectivity index (χ2v) is 5.15. The van der Waals surface area contributed by atoms with E-state index < -0.39 is 22.9 Å². The van der Waals surface area contributed by atoms with E-state index in [-0.39, 0.29) is 11.5 Å². The Labute approximate surface area is 115 Å². The van der Waals surface area contributed by atoms with E-state index in [1.165, 1.54) is 0 Å². The van der Waals surface area contributed by atoms with Gasteiger partial charge in [-0.15, -0.1) is 0 Å². The number of nitrogens with two attached hydrogens (primary N) is 1. The molecule has 112 valence electrons. The van der Waals surface area contributed by atoms with E-state index in [0.29, 0.717) is 19.4 Å². The van der Waals surface area contributed by atoms with E-state index in [0.717, 1.165) is 12.1 Å². The second kappa shape index (κ2) is 6.49. The molecule has 0 bridgehead atoms. The molecule has 0 aliphatic heterocycles. The van der Waals surface area contributed by atoms with Crippen molar-refractivity contribution >= 4 is 11.5 Å². The van der Waals surface area contributed by atoms with E-state index in [9.17, 15) is 13.2 Å². The van der Waals surface area contributed by atoms with Crippen molar-refractivity contribution in [2.24, 2.45) is 16.3 Å². The van der Waals surface area contributed by atoms with Gasteiger partial charge in [-0.05, 0) is 12.8 Å². The monoisotopic (exact) mass is 289 g/mol. The Morgan fingerprint density at radius 1 is 1.30 bits per heavy atom. The Morgan fingerprint density at radius 3 is 2.35 bits per heavy atom. The molecule has 0 amide bonds. The lowest BCUT2D eigenvalue weighted by Crippen LogP contribution is -2.32. The molecule has 1 rings (SSSR count). The summed E-state index contributed by atoms with van der Waals surface area (Å²) >= 11 is 0. The van der Waals surface area contributed by atoms with Crippen LogP contribution in [0.15, 0.2) is 17.3 Å². The number of amidine groups is 1. The number of halogens is 3. The molecule has 4 N–H and O–H groups in total. The first-order valence-corrected chi connectivity index (χ1v) is 6.14. The van der Waals surface area contributed by atoms with Gasteiger partial charge in [0, 0.05) is 29.8 Å². The molecule has 0 saturated carbocycles. The minimum Gasteiger partial charge on any atom is -0.409 e. The van der Waals surface area contributed by atoms with Crippen molar-refractivity contribution in [3.05, 3.63) is 29.6 Å². The van der Waals surface area contributed by atoms with Crippen LogP contribution >= 0.6 is 0 Å². The number of nitrogens with one attached hydrogen (secondary N) is 1. The predicted octanol–water partition coefficient (Wildman–Crippen LogP) is 3.07. The standard InChI is InChI=1S/C13H18F3N3O/c1-13(2,12(17)19-20)4-3-5-18-8-6-9(14)11(16)10(15)7-8/h6-7,18,20H,3-5H2,1-2H3,(H2,17,19). The van der Waals surface area contributed by atoms with Crippen LogP contribution in [0.4, 0.5) is 18.9 Å². The van der Waals surface area contributed by atoms with E-state index in [1.807, 2.05) is 13.8 Å². The number of oxime groups is 1. The van der Waals surface area contributed by atoms with Crippen molar-refractivity contribution in [3.8, 4) is 0 Å². The number of hydrogen-bond acceptors (Lipinski definition) is 3. The zero-order chi connectivity index (χ0) is 15.3. The summed E-state index contributed by atoms with van der Waals surface area (Å²) in [5.74, 6) is -3.83. The fourth-order valence-electron chi connectivity index (χ4n) is 1.68. The van der Waals surface area contributed by atoms with Gasteiger partial charge in [0.2, 0.25) is 0 Å². The third-order valence-corrected chi connectivity index (χ3v) is 3.09. The molecule has 0 aliphatic carbocycles. The van der Waals surface area contributed by atoms with Gasteiger partial charge in [-0.3, -0.25) is 0 Å². The number of anilines is 1. The zero-order valence-corrected chi connectivity index (χ0v) is 11.4. The molecule has 1 aromatic carbocycles. The van der Waals surface area contributed by atoms with Gasteiger partial charge in [-0.25, -0.2) is 13.2 Å². The summed E-state index contributed by atoms with van der Waals surface area (Å²) in [5, 5.41) is 14.4. The topological polar surface area (TPSA) is 70.6 Å². The molecule has 0 radical (unpaired) electrons. The lowest BCUT2D eigenvalue weighted by atomic mass is 9.86. The number of nitrogens with zero attached hydrogens (tertiary/aromatic N) is 1. The Balaban J connectivity index is 2.50. The van der Waals surface area contributed by atoms with Crippen molar-refractivity contribution in [1.29, 1.82) is 0 Å². The minimum absolute atomic E-state index is 0.122. The fraction of sp³-hybridized carbons (Fsp3) is 0.462. The molecule has 0 atom stereocenters. The third kappa shape index (κ3) is 4.04. The largest absolute Gasteiger partial charge is 0.409 e. The molecule has 0 aromatic heterocycles. The molecule has 0 fully saturated rings. The summed E-state index contributed by atoms with van der Waals surface area (Å²) in [6.45, 7) is 4.06. The highest BCUT2D eigenvalue weighted by molar-refractivity contribution is 5.85. The Bertz CT molecular complexity index is 481. The average molecular weight is 289 g/mol. The molecular formula is C13H18F3N3O. The van der Waals surface area contributed by atoms with Crippen LogP contribution in [0, 0.1) is 22.9 Å². The summed E-state index contributed by atoms with van der Waals surface area (Å²) in [6.07, 6.45) is 1.24. The number of benzene rings is 1. The van der Waals surface area contributed by atoms with E-state index >= 15 is 0 Å². The summed E-state index contributed by atoms with van der Waals surface area (Å²) in [7, 11) is 0. The molecule has 4 nitrogen and oxygen atoms in total. The maximum atomic E-state index is 13.0. The van der Waals surface area contributed by atoms with Crippen molar-refractivity contribution in [2.75, 3.05) is 11.9 Å². The highest BCUT2D eigenvalue weighted by atomic mass is 19.2. The van der Waals surface area contributed by atoms with Crippen LogP contribution < -0.4 is 11.1 Å². The van der Waals surface area contributed by atoms with Crippen molar-refractivity contribution in [2.45, 2.75) is 26.7 Å². The normalized spacial score (nSPS) is 12.6. The Kier molecular flexibility index (Phi) is 5.24. The van der Waals surface area contributed by atoms with Gasteiger partial charge < -0.3 is 16.3 Å². The van der Waals surface area contributed by atoms with E-state index in [2.05, 4.69) is 10.5 Å². The third-order valence-electron chi connectivity index (χ3n) is 3.09. The summed E-state index contributed by atoms with van der Waals surface area (Å²) in [6, 6.07) is 1.79. The van der Waals surface area contributed by atoms with Gasteiger partial charge in [-0.1, -0.05) is 19.0 Å². The SMILES string of the molecule is CC(C)(CCCNc1cc(F)c(F)c(F)c1)C(N)=NO. The number of hydrogen-bond donors (Lipinski definition) is 3.